The van der Waals surface area contributed by atoms with E-state index in [0.717, 1.165) is 12.1 Å². The zero-order chi connectivity index (χ0) is 34.1. The highest BCUT2D eigenvalue weighted by atomic mass is 19.4. The van der Waals surface area contributed by atoms with Gasteiger partial charge in [-0.25, -0.2) is 13.8 Å². The number of likely N-dealkylation sites (tertiary alicyclic amines) is 1. The lowest BCUT2D eigenvalue weighted by atomic mass is 9.95. The minimum atomic E-state index is -4.50. The number of benzene rings is 3. The third kappa shape index (κ3) is 7.38. The largest absolute Gasteiger partial charge is 0.459 e. The van der Waals surface area contributed by atoms with Crippen molar-refractivity contribution in [1.29, 1.82) is 0 Å². The Morgan fingerprint density at radius 1 is 0.917 bits per heavy atom. The summed E-state index contributed by atoms with van der Waals surface area (Å²) in [6.07, 6.45) is -0.799. The molecule has 0 bridgehead atoms. The monoisotopic (exact) mass is 660 g/mol. The summed E-state index contributed by atoms with van der Waals surface area (Å²) in [5.74, 6) is -2.71. The molecule has 3 heterocycles. The Morgan fingerprint density at radius 2 is 1.60 bits per heavy atom. The van der Waals surface area contributed by atoms with Crippen molar-refractivity contribution < 1.29 is 36.0 Å². The maximum atomic E-state index is 13.6. The van der Waals surface area contributed by atoms with Crippen molar-refractivity contribution in [2.24, 2.45) is 0 Å². The average molecular weight is 661 g/mol. The number of carbonyl (C=O) groups excluding carboxylic acids is 2. The molecular formula is C36H29F5N4O3. The molecule has 1 aliphatic rings. The van der Waals surface area contributed by atoms with Crippen LogP contribution in [0.25, 0.3) is 39.3 Å². The number of anilines is 1. The van der Waals surface area contributed by atoms with Gasteiger partial charge in [0.25, 0.3) is 11.8 Å². The van der Waals surface area contributed by atoms with Crippen molar-refractivity contribution in [3.8, 4) is 22.3 Å². The van der Waals surface area contributed by atoms with E-state index in [2.05, 4.69) is 10.3 Å². The number of furan rings is 1. The van der Waals surface area contributed by atoms with Crippen LogP contribution < -0.4 is 11.1 Å². The number of rotatable bonds is 7. The lowest BCUT2D eigenvalue weighted by molar-refractivity contribution is -0.137. The van der Waals surface area contributed by atoms with Crippen LogP contribution >= 0.6 is 0 Å². The summed E-state index contributed by atoms with van der Waals surface area (Å²) >= 11 is 0. The van der Waals surface area contributed by atoms with Gasteiger partial charge in [-0.2, -0.15) is 13.2 Å². The van der Waals surface area contributed by atoms with Gasteiger partial charge in [0, 0.05) is 54.7 Å². The van der Waals surface area contributed by atoms with E-state index in [1.54, 1.807) is 54.6 Å². The van der Waals surface area contributed by atoms with Crippen molar-refractivity contribution in [3.05, 3.63) is 114 Å². The molecule has 1 aliphatic heterocycles. The number of pyridine rings is 1. The molecule has 5 aromatic rings. The number of nitrogens with two attached hydrogens (primary N) is 1. The van der Waals surface area contributed by atoms with E-state index in [4.69, 9.17) is 10.2 Å². The number of hydrogen-bond donors (Lipinski definition) is 2. The van der Waals surface area contributed by atoms with Crippen LogP contribution in [0.3, 0.4) is 0 Å². The molecule has 0 saturated carbocycles. The number of nitrogen functional groups attached to an aromatic ring is 1. The average Bonchev–Trinajstić information content (AvgIpc) is 3.49. The van der Waals surface area contributed by atoms with Gasteiger partial charge in [-0.05, 0) is 82.9 Å². The Labute approximate surface area is 271 Å². The predicted octanol–water partition coefficient (Wildman–Crippen LogP) is 7.96. The number of nitrogens with one attached hydrogen (secondary N) is 1. The molecule has 246 valence electrons. The van der Waals surface area contributed by atoms with Crippen LogP contribution in [0.5, 0.6) is 0 Å². The van der Waals surface area contributed by atoms with Crippen molar-refractivity contribution in [3.63, 3.8) is 0 Å². The summed E-state index contributed by atoms with van der Waals surface area (Å²) in [5, 5.41) is 3.40. The van der Waals surface area contributed by atoms with Gasteiger partial charge in [-0.15, -0.1) is 0 Å². The molecule has 12 heteroatoms. The second-order valence-corrected chi connectivity index (χ2v) is 11.5. The van der Waals surface area contributed by atoms with Gasteiger partial charge in [-0.3, -0.25) is 9.59 Å². The number of carbonyl (C=O) groups is 2. The summed E-state index contributed by atoms with van der Waals surface area (Å²) in [5.41, 5.74) is 8.68. The number of hydrogen-bond acceptors (Lipinski definition) is 5. The van der Waals surface area contributed by atoms with Gasteiger partial charge in [0.05, 0.1) is 12.1 Å². The molecule has 3 N–H and O–H groups in total. The summed E-state index contributed by atoms with van der Waals surface area (Å²) < 4.78 is 73.2. The van der Waals surface area contributed by atoms with Crippen LogP contribution in [0.1, 0.15) is 40.1 Å². The first-order valence-electron chi connectivity index (χ1n) is 15.0. The van der Waals surface area contributed by atoms with Gasteiger partial charge in [0.15, 0.2) is 0 Å². The Balaban J connectivity index is 1.27. The number of piperidine rings is 1. The fourth-order valence-corrected chi connectivity index (χ4v) is 5.46. The minimum absolute atomic E-state index is 0.0274. The molecule has 0 unspecified atom stereocenters. The molecule has 3 aromatic carbocycles. The van der Waals surface area contributed by atoms with Gasteiger partial charge in [-0.1, -0.05) is 24.3 Å². The van der Waals surface area contributed by atoms with Gasteiger partial charge < -0.3 is 20.4 Å². The van der Waals surface area contributed by atoms with Crippen LogP contribution in [0.2, 0.25) is 0 Å². The molecule has 0 aliphatic carbocycles. The Kier molecular flexibility index (Phi) is 8.74. The molecule has 1 fully saturated rings. The van der Waals surface area contributed by atoms with Crippen LogP contribution in [0.4, 0.5) is 27.8 Å². The molecule has 2 aromatic heterocycles. The van der Waals surface area contributed by atoms with Crippen molar-refractivity contribution in [2.45, 2.75) is 31.5 Å². The highest BCUT2D eigenvalue weighted by Gasteiger charge is 2.36. The summed E-state index contributed by atoms with van der Waals surface area (Å²) in [4.78, 5) is 30.8. The van der Waals surface area contributed by atoms with Gasteiger partial charge in [0.1, 0.15) is 17.2 Å². The van der Waals surface area contributed by atoms with Gasteiger partial charge in [0.2, 0.25) is 5.91 Å². The Bertz CT molecular complexity index is 1970. The first-order chi connectivity index (χ1) is 22.8. The van der Waals surface area contributed by atoms with Crippen LogP contribution in [0, 0.1) is 0 Å². The van der Waals surface area contributed by atoms with E-state index in [1.165, 1.54) is 29.3 Å². The molecular weight excluding hydrogens is 631 g/mol. The van der Waals surface area contributed by atoms with Gasteiger partial charge >= 0.3 is 6.18 Å². The number of fused-ring (bicyclic) bond motifs is 1. The molecule has 0 atom stereocenters. The summed E-state index contributed by atoms with van der Waals surface area (Å²) in [6, 6.07) is 20.1. The van der Waals surface area contributed by atoms with Crippen molar-refractivity contribution in [1.82, 2.24) is 15.2 Å². The zero-order valence-electron chi connectivity index (χ0n) is 25.4. The van der Waals surface area contributed by atoms with E-state index in [-0.39, 0.29) is 44.3 Å². The second-order valence-electron chi connectivity index (χ2n) is 11.5. The molecule has 0 radical (unpaired) electrons. The number of aromatic nitrogens is 1. The molecule has 1 saturated heterocycles. The topological polar surface area (TPSA) is 101 Å². The first kappa shape index (κ1) is 32.4. The lowest BCUT2D eigenvalue weighted by Gasteiger charge is -2.31. The van der Waals surface area contributed by atoms with Crippen molar-refractivity contribution in [2.75, 3.05) is 18.8 Å². The third-order valence-corrected chi connectivity index (χ3v) is 8.11. The second kappa shape index (κ2) is 12.9. The minimum Gasteiger partial charge on any atom is -0.459 e. The zero-order valence-corrected chi connectivity index (χ0v) is 25.4. The maximum Gasteiger partial charge on any atom is 0.416 e. The fourth-order valence-electron chi connectivity index (χ4n) is 5.46. The number of halogens is 5. The molecule has 0 spiro atoms. The predicted molar refractivity (Wildman–Crippen MR) is 172 cm³/mol. The number of amides is 2. The maximum absolute atomic E-state index is 13.6. The summed E-state index contributed by atoms with van der Waals surface area (Å²) in [6.45, 7) is -0.0143. The SMILES string of the molecule is Nc1ccc(/C=C/C(=O)NCc2cc3cc(-c4ccc(C(=O)N5CCC(F)(F)CC5)cc4)cc(-c4ccc(C(F)(F)F)cc4)c3o2)cn1. The van der Waals surface area contributed by atoms with Crippen molar-refractivity contribution >= 4 is 34.7 Å². The van der Waals surface area contributed by atoms with Crippen LogP contribution in [-0.4, -0.2) is 40.7 Å². The van der Waals surface area contributed by atoms with E-state index in [9.17, 15) is 31.5 Å². The highest BCUT2D eigenvalue weighted by Crippen LogP contribution is 2.38. The quantitative estimate of drug-likeness (QED) is 0.136. The normalized spacial score (nSPS) is 14.8. The third-order valence-electron chi connectivity index (χ3n) is 8.11. The lowest BCUT2D eigenvalue weighted by Crippen LogP contribution is -2.42. The van der Waals surface area contributed by atoms with E-state index < -0.39 is 17.7 Å². The molecule has 48 heavy (non-hydrogen) atoms. The molecule has 7 nitrogen and oxygen atoms in total. The van der Waals surface area contributed by atoms with E-state index in [0.29, 0.717) is 55.9 Å². The van der Waals surface area contributed by atoms with E-state index >= 15 is 0 Å². The highest BCUT2D eigenvalue weighted by molar-refractivity contribution is 5.98. The smallest absolute Gasteiger partial charge is 0.416 e. The van der Waals surface area contributed by atoms with E-state index in [1.807, 2.05) is 6.07 Å². The standard InChI is InChI=1S/C36H29F5N4O3/c37-35(38)13-15-45(16-14-35)34(47)25-5-3-23(4-6-25)26-17-27-18-29(21-44-32(46)12-2-22-1-11-31(42)43-20-22)48-33(27)30(19-26)24-7-9-28(10-8-24)36(39,40)41/h1-12,17-20H,13-16,21H2,(H2,42,43)(H,44,46)/b12-2+. The Hall–Kier alpha value is -5.52. The molecule has 6 rings (SSSR count). The molecule has 2 amide bonds. The number of nitrogens with zero attached hydrogens (tertiary/aromatic N) is 2. The Morgan fingerprint density at radius 3 is 2.25 bits per heavy atom. The fraction of sp³-hybridized carbons (Fsp3) is 0.194. The first-order valence-corrected chi connectivity index (χ1v) is 15.0. The summed E-state index contributed by atoms with van der Waals surface area (Å²) in [7, 11) is 0. The van der Waals surface area contributed by atoms with Crippen LogP contribution in [0.15, 0.2) is 95.6 Å². The number of alkyl halides is 5. The van der Waals surface area contributed by atoms with Crippen LogP contribution in [-0.2, 0) is 17.5 Å².